The third kappa shape index (κ3) is 3.17. The van der Waals surface area contributed by atoms with Gasteiger partial charge in [0.25, 0.3) is 0 Å². The molecule has 104 valence electrons. The van der Waals surface area contributed by atoms with Gasteiger partial charge in [0.1, 0.15) is 5.82 Å². The Morgan fingerprint density at radius 2 is 1.76 bits per heavy atom. The van der Waals surface area contributed by atoms with Crippen LogP contribution in [0.1, 0.15) is 6.92 Å². The molecule has 1 aromatic heterocycles. The molecule has 0 radical (unpaired) electrons. The van der Waals surface area contributed by atoms with Crippen LogP contribution in [0, 0.1) is 0 Å². The van der Waals surface area contributed by atoms with Gasteiger partial charge in [-0.1, -0.05) is 24.3 Å². The molecule has 0 bridgehead atoms. The van der Waals surface area contributed by atoms with Crippen molar-refractivity contribution in [3.63, 3.8) is 0 Å². The Bertz CT molecular complexity index is 799. The fourth-order valence-electron chi connectivity index (χ4n) is 2.16. The fraction of sp³-hybridized carbons (Fsp3) is 0.0588. The van der Waals surface area contributed by atoms with Crippen molar-refractivity contribution in [1.82, 2.24) is 4.98 Å². The summed E-state index contributed by atoms with van der Waals surface area (Å²) in [6.07, 6.45) is 0. The van der Waals surface area contributed by atoms with E-state index in [4.69, 9.17) is 0 Å². The number of nitrogens with zero attached hydrogens (tertiary/aromatic N) is 1. The van der Waals surface area contributed by atoms with Gasteiger partial charge in [-0.05, 0) is 36.4 Å². The van der Waals surface area contributed by atoms with Crippen molar-refractivity contribution >= 4 is 34.0 Å². The maximum absolute atomic E-state index is 11.1. The first-order valence-corrected chi connectivity index (χ1v) is 6.71. The average Bonchev–Trinajstić information content (AvgIpc) is 2.47. The first-order valence-electron chi connectivity index (χ1n) is 6.71. The van der Waals surface area contributed by atoms with Gasteiger partial charge in [0.05, 0.1) is 5.52 Å². The molecule has 0 spiro atoms. The van der Waals surface area contributed by atoms with Gasteiger partial charge >= 0.3 is 0 Å². The highest BCUT2D eigenvalue weighted by atomic mass is 16.1. The summed E-state index contributed by atoms with van der Waals surface area (Å²) in [5, 5.41) is 7.12. The van der Waals surface area contributed by atoms with Crippen molar-refractivity contribution in [2.45, 2.75) is 6.92 Å². The second-order valence-corrected chi connectivity index (χ2v) is 4.78. The van der Waals surface area contributed by atoms with E-state index in [-0.39, 0.29) is 5.91 Å². The number of amides is 1. The van der Waals surface area contributed by atoms with Gasteiger partial charge in [0, 0.05) is 23.7 Å². The van der Waals surface area contributed by atoms with Crippen LogP contribution in [0.15, 0.2) is 60.7 Å². The van der Waals surface area contributed by atoms with Gasteiger partial charge in [-0.15, -0.1) is 0 Å². The molecule has 2 N–H and O–H groups in total. The Balaban J connectivity index is 1.86. The van der Waals surface area contributed by atoms with Crippen LogP contribution in [0.2, 0.25) is 0 Å². The number of carbonyl (C=O) groups excluding carboxylic acids is 1. The van der Waals surface area contributed by atoms with Crippen LogP contribution < -0.4 is 10.6 Å². The van der Waals surface area contributed by atoms with Gasteiger partial charge < -0.3 is 10.6 Å². The number of benzene rings is 2. The number of hydrogen-bond donors (Lipinski definition) is 2. The summed E-state index contributed by atoms with van der Waals surface area (Å²) in [6, 6.07) is 19.5. The third-order valence-corrected chi connectivity index (χ3v) is 3.05. The number of nitrogens with one attached hydrogen (secondary N) is 2. The quantitative estimate of drug-likeness (QED) is 0.762. The predicted molar refractivity (Wildman–Crippen MR) is 85.8 cm³/mol. The minimum atomic E-state index is -0.0871. The molecule has 0 saturated heterocycles. The predicted octanol–water partition coefficient (Wildman–Crippen LogP) is 3.94. The second kappa shape index (κ2) is 5.63. The molecule has 1 amide bonds. The zero-order valence-electron chi connectivity index (χ0n) is 11.6. The summed E-state index contributed by atoms with van der Waals surface area (Å²) in [7, 11) is 0. The number of carbonyl (C=O) groups is 1. The van der Waals surface area contributed by atoms with E-state index in [1.165, 1.54) is 6.92 Å². The lowest BCUT2D eigenvalue weighted by Crippen LogP contribution is -2.05. The molecule has 0 saturated carbocycles. The second-order valence-electron chi connectivity index (χ2n) is 4.78. The number of hydrogen-bond acceptors (Lipinski definition) is 3. The SMILES string of the molecule is CC(=O)Nc1cccc(Nc2ccc3ccccc3n2)c1. The molecule has 0 atom stereocenters. The maximum Gasteiger partial charge on any atom is 0.221 e. The van der Waals surface area contributed by atoms with E-state index in [9.17, 15) is 4.79 Å². The van der Waals surface area contributed by atoms with Gasteiger partial charge in [-0.2, -0.15) is 0 Å². The summed E-state index contributed by atoms with van der Waals surface area (Å²) >= 11 is 0. The fourth-order valence-corrected chi connectivity index (χ4v) is 2.16. The van der Waals surface area contributed by atoms with E-state index in [1.54, 1.807) is 0 Å². The first-order chi connectivity index (χ1) is 10.2. The van der Waals surface area contributed by atoms with Crippen molar-refractivity contribution < 1.29 is 4.79 Å². The molecule has 1 heterocycles. The van der Waals surface area contributed by atoms with Crippen molar-refractivity contribution in [3.05, 3.63) is 60.7 Å². The molecule has 3 aromatic rings. The number of rotatable bonds is 3. The molecule has 3 rings (SSSR count). The maximum atomic E-state index is 11.1. The molecule has 0 aliphatic heterocycles. The summed E-state index contributed by atoms with van der Waals surface area (Å²) < 4.78 is 0. The number of anilines is 3. The third-order valence-electron chi connectivity index (χ3n) is 3.05. The zero-order valence-corrected chi connectivity index (χ0v) is 11.6. The van der Waals surface area contributed by atoms with Crippen molar-refractivity contribution in [2.24, 2.45) is 0 Å². The van der Waals surface area contributed by atoms with Crippen LogP contribution in [-0.2, 0) is 4.79 Å². The lowest BCUT2D eigenvalue weighted by atomic mass is 10.2. The molecule has 4 nitrogen and oxygen atoms in total. The molecular weight excluding hydrogens is 262 g/mol. The Labute approximate surface area is 122 Å². The molecule has 0 aliphatic carbocycles. The standard InChI is InChI=1S/C17H15N3O/c1-12(21)18-14-6-4-7-15(11-14)19-17-10-9-13-5-2-3-8-16(13)20-17/h2-11H,1H3,(H,18,21)(H,19,20). The number of aromatic nitrogens is 1. The van der Waals surface area contributed by atoms with Crippen LogP contribution in [0.5, 0.6) is 0 Å². The van der Waals surface area contributed by atoms with Crippen LogP contribution >= 0.6 is 0 Å². The molecule has 0 unspecified atom stereocenters. The topological polar surface area (TPSA) is 54.0 Å². The van der Waals surface area contributed by atoms with Crippen LogP contribution in [-0.4, -0.2) is 10.9 Å². The monoisotopic (exact) mass is 277 g/mol. The minimum Gasteiger partial charge on any atom is -0.340 e. The van der Waals surface area contributed by atoms with Crippen molar-refractivity contribution in [3.8, 4) is 0 Å². The lowest BCUT2D eigenvalue weighted by molar-refractivity contribution is -0.114. The Morgan fingerprint density at radius 3 is 2.62 bits per heavy atom. The van der Waals surface area contributed by atoms with Crippen LogP contribution in [0.3, 0.4) is 0 Å². The van der Waals surface area contributed by atoms with Gasteiger partial charge in [-0.25, -0.2) is 4.98 Å². The normalized spacial score (nSPS) is 10.3. The molecule has 0 aliphatic rings. The molecular formula is C17H15N3O. The van der Waals surface area contributed by atoms with Gasteiger partial charge in [-0.3, -0.25) is 4.79 Å². The summed E-state index contributed by atoms with van der Waals surface area (Å²) in [4.78, 5) is 15.6. The number of para-hydroxylation sites is 1. The number of fused-ring (bicyclic) bond motifs is 1. The smallest absolute Gasteiger partial charge is 0.221 e. The van der Waals surface area contributed by atoms with Crippen molar-refractivity contribution in [1.29, 1.82) is 0 Å². The van der Waals surface area contributed by atoms with E-state index in [0.29, 0.717) is 0 Å². The first kappa shape index (κ1) is 13.1. The minimum absolute atomic E-state index is 0.0871. The highest BCUT2D eigenvalue weighted by Crippen LogP contribution is 2.21. The summed E-state index contributed by atoms with van der Waals surface area (Å²) in [5.74, 6) is 0.685. The average molecular weight is 277 g/mol. The summed E-state index contributed by atoms with van der Waals surface area (Å²) in [6.45, 7) is 1.49. The van der Waals surface area contributed by atoms with E-state index in [2.05, 4.69) is 15.6 Å². The lowest BCUT2D eigenvalue weighted by Gasteiger charge is -2.09. The van der Waals surface area contributed by atoms with Gasteiger partial charge in [0.15, 0.2) is 0 Å². The highest BCUT2D eigenvalue weighted by Gasteiger charge is 2.01. The van der Waals surface area contributed by atoms with Gasteiger partial charge in [0.2, 0.25) is 5.91 Å². The Hall–Kier alpha value is -2.88. The van der Waals surface area contributed by atoms with Crippen LogP contribution in [0.25, 0.3) is 10.9 Å². The zero-order chi connectivity index (χ0) is 14.7. The highest BCUT2D eigenvalue weighted by molar-refractivity contribution is 5.89. The van der Waals surface area contributed by atoms with Crippen molar-refractivity contribution in [2.75, 3.05) is 10.6 Å². The Kier molecular flexibility index (Phi) is 3.51. The Morgan fingerprint density at radius 1 is 0.952 bits per heavy atom. The summed E-state index contributed by atoms with van der Waals surface area (Å²) in [5.41, 5.74) is 2.58. The molecule has 21 heavy (non-hydrogen) atoms. The van der Waals surface area contributed by atoms with Crippen LogP contribution in [0.4, 0.5) is 17.2 Å². The van der Waals surface area contributed by atoms with E-state index in [1.807, 2.05) is 60.7 Å². The van der Waals surface area contributed by atoms with E-state index < -0.39 is 0 Å². The van der Waals surface area contributed by atoms with E-state index >= 15 is 0 Å². The molecule has 4 heteroatoms. The molecule has 0 fully saturated rings. The molecule has 2 aromatic carbocycles. The number of pyridine rings is 1. The van der Waals surface area contributed by atoms with E-state index in [0.717, 1.165) is 28.1 Å². The largest absolute Gasteiger partial charge is 0.340 e.